The van der Waals surface area contributed by atoms with Crippen molar-refractivity contribution in [3.8, 4) is 0 Å². The van der Waals surface area contributed by atoms with Gasteiger partial charge in [0.05, 0.1) is 5.56 Å². The maximum atomic E-state index is 11.9. The summed E-state index contributed by atoms with van der Waals surface area (Å²) in [5.41, 5.74) is 1.16. The predicted molar refractivity (Wildman–Crippen MR) is 64.8 cm³/mol. The van der Waals surface area contributed by atoms with Gasteiger partial charge < -0.3 is 5.32 Å². The third-order valence-corrected chi connectivity index (χ3v) is 2.56. The second-order valence-electron chi connectivity index (χ2n) is 4.39. The summed E-state index contributed by atoms with van der Waals surface area (Å²) in [7, 11) is 0. The summed E-state index contributed by atoms with van der Waals surface area (Å²) in [6.07, 6.45) is 4.19. The molecule has 5 heteroatoms. The molecule has 0 atom stereocenters. The molecule has 5 nitrogen and oxygen atoms in total. The Labute approximate surface area is 99.9 Å². The molecule has 0 aliphatic carbocycles. The number of hydrogen-bond acceptors (Lipinski definition) is 3. The summed E-state index contributed by atoms with van der Waals surface area (Å²) >= 11 is 0. The first kappa shape index (κ1) is 11.6. The van der Waals surface area contributed by atoms with E-state index in [1.165, 1.54) is 6.33 Å². The van der Waals surface area contributed by atoms with Crippen LogP contribution in [0.2, 0.25) is 0 Å². The Kier molecular flexibility index (Phi) is 3.37. The number of carbonyl (C=O) groups excluding carboxylic acids is 1. The first-order valence-corrected chi connectivity index (χ1v) is 5.75. The molecule has 0 saturated heterocycles. The van der Waals surface area contributed by atoms with Crippen LogP contribution in [0.5, 0.6) is 0 Å². The summed E-state index contributed by atoms with van der Waals surface area (Å²) < 4.78 is 1.59. The zero-order chi connectivity index (χ0) is 12.3. The molecule has 2 rings (SSSR count). The number of hydrogen-bond donors (Lipinski definition) is 1. The van der Waals surface area contributed by atoms with Crippen LogP contribution in [-0.2, 0) is 0 Å². The van der Waals surface area contributed by atoms with Crippen LogP contribution in [0.4, 0.5) is 0 Å². The van der Waals surface area contributed by atoms with Gasteiger partial charge in [0.15, 0.2) is 5.65 Å². The molecular formula is C12H16N4O. The summed E-state index contributed by atoms with van der Waals surface area (Å²) in [5.74, 6) is 0.489. The van der Waals surface area contributed by atoms with Crippen molar-refractivity contribution in [2.45, 2.75) is 20.3 Å². The van der Waals surface area contributed by atoms with E-state index in [1.807, 2.05) is 0 Å². The van der Waals surface area contributed by atoms with Crippen molar-refractivity contribution in [1.82, 2.24) is 19.9 Å². The van der Waals surface area contributed by atoms with Gasteiger partial charge in [0.1, 0.15) is 6.33 Å². The molecule has 0 fully saturated rings. The normalized spacial score (nSPS) is 11.0. The SMILES string of the molecule is CC(C)CCNC(=O)c1cccn2ncnc12. The van der Waals surface area contributed by atoms with Crippen LogP contribution in [0.1, 0.15) is 30.6 Å². The van der Waals surface area contributed by atoms with Crippen LogP contribution in [-0.4, -0.2) is 27.0 Å². The average molecular weight is 232 g/mol. The fourth-order valence-electron chi connectivity index (χ4n) is 1.59. The van der Waals surface area contributed by atoms with Crippen LogP contribution in [0.3, 0.4) is 0 Å². The van der Waals surface area contributed by atoms with E-state index in [9.17, 15) is 4.79 Å². The monoisotopic (exact) mass is 232 g/mol. The maximum Gasteiger partial charge on any atom is 0.255 e. The standard InChI is InChI=1S/C12H16N4O/c1-9(2)5-6-13-12(17)10-4-3-7-16-11(10)14-8-15-16/h3-4,7-9H,5-6H2,1-2H3,(H,13,17). The lowest BCUT2D eigenvalue weighted by atomic mass is 10.1. The molecule has 2 heterocycles. The smallest absolute Gasteiger partial charge is 0.255 e. The molecule has 0 aliphatic rings. The van der Waals surface area contributed by atoms with Crippen molar-refractivity contribution in [2.75, 3.05) is 6.54 Å². The number of aromatic nitrogens is 3. The Morgan fingerprint density at radius 2 is 2.35 bits per heavy atom. The first-order valence-electron chi connectivity index (χ1n) is 5.75. The van der Waals surface area contributed by atoms with Crippen LogP contribution in [0.15, 0.2) is 24.7 Å². The minimum atomic E-state index is -0.0933. The lowest BCUT2D eigenvalue weighted by molar-refractivity contribution is 0.0953. The van der Waals surface area contributed by atoms with E-state index in [-0.39, 0.29) is 5.91 Å². The van der Waals surface area contributed by atoms with Crippen LogP contribution in [0.25, 0.3) is 5.65 Å². The molecule has 0 unspecified atom stereocenters. The van der Waals surface area contributed by atoms with Crippen LogP contribution in [0, 0.1) is 5.92 Å². The van der Waals surface area contributed by atoms with Crippen molar-refractivity contribution in [3.63, 3.8) is 0 Å². The third-order valence-electron chi connectivity index (χ3n) is 2.56. The molecule has 1 amide bonds. The number of nitrogens with zero attached hydrogens (tertiary/aromatic N) is 3. The third kappa shape index (κ3) is 2.61. The number of nitrogens with one attached hydrogen (secondary N) is 1. The Morgan fingerprint density at radius 3 is 3.12 bits per heavy atom. The number of amides is 1. The highest BCUT2D eigenvalue weighted by Crippen LogP contribution is 2.07. The zero-order valence-electron chi connectivity index (χ0n) is 10.1. The van der Waals surface area contributed by atoms with E-state index in [1.54, 1.807) is 22.8 Å². The molecule has 90 valence electrons. The van der Waals surface area contributed by atoms with Gasteiger partial charge in [-0.05, 0) is 24.5 Å². The molecule has 2 aromatic heterocycles. The van der Waals surface area contributed by atoms with Gasteiger partial charge in [0.2, 0.25) is 0 Å². The molecule has 2 aromatic rings. The van der Waals surface area contributed by atoms with E-state index < -0.39 is 0 Å². The fourth-order valence-corrected chi connectivity index (χ4v) is 1.59. The van der Waals surface area contributed by atoms with Crippen molar-refractivity contribution in [2.24, 2.45) is 5.92 Å². The first-order chi connectivity index (χ1) is 8.18. The Bertz CT molecular complexity index is 518. The van der Waals surface area contributed by atoms with Gasteiger partial charge in [-0.1, -0.05) is 13.8 Å². The van der Waals surface area contributed by atoms with Gasteiger partial charge in [-0.25, -0.2) is 9.50 Å². The molecule has 0 bridgehead atoms. The lowest BCUT2D eigenvalue weighted by Gasteiger charge is -2.07. The number of rotatable bonds is 4. The van der Waals surface area contributed by atoms with Gasteiger partial charge in [-0.3, -0.25) is 4.79 Å². The van der Waals surface area contributed by atoms with Crippen molar-refractivity contribution >= 4 is 11.6 Å². The average Bonchev–Trinajstić information content (AvgIpc) is 2.75. The van der Waals surface area contributed by atoms with Gasteiger partial charge in [-0.2, -0.15) is 5.10 Å². The maximum absolute atomic E-state index is 11.9. The second-order valence-corrected chi connectivity index (χ2v) is 4.39. The van der Waals surface area contributed by atoms with E-state index in [0.717, 1.165) is 6.42 Å². The number of carbonyl (C=O) groups is 1. The van der Waals surface area contributed by atoms with Gasteiger partial charge in [0.25, 0.3) is 5.91 Å². The van der Waals surface area contributed by atoms with Gasteiger partial charge in [0, 0.05) is 12.7 Å². The van der Waals surface area contributed by atoms with Gasteiger partial charge >= 0.3 is 0 Å². The van der Waals surface area contributed by atoms with Gasteiger partial charge in [-0.15, -0.1) is 0 Å². The molecule has 1 N–H and O–H groups in total. The summed E-state index contributed by atoms with van der Waals surface area (Å²) in [5, 5.41) is 6.89. The highest BCUT2D eigenvalue weighted by Gasteiger charge is 2.11. The lowest BCUT2D eigenvalue weighted by Crippen LogP contribution is -2.25. The fraction of sp³-hybridized carbons (Fsp3) is 0.417. The van der Waals surface area contributed by atoms with E-state index in [4.69, 9.17) is 0 Å². The number of pyridine rings is 1. The largest absolute Gasteiger partial charge is 0.352 e. The predicted octanol–water partition coefficient (Wildman–Crippen LogP) is 1.51. The quantitative estimate of drug-likeness (QED) is 0.869. The second kappa shape index (κ2) is 4.95. The minimum Gasteiger partial charge on any atom is -0.352 e. The van der Waals surface area contributed by atoms with E-state index >= 15 is 0 Å². The number of fused-ring (bicyclic) bond motifs is 1. The molecule has 17 heavy (non-hydrogen) atoms. The Hall–Kier alpha value is -1.91. The van der Waals surface area contributed by atoms with Crippen LogP contribution >= 0.6 is 0 Å². The van der Waals surface area contributed by atoms with Crippen molar-refractivity contribution < 1.29 is 4.79 Å². The highest BCUT2D eigenvalue weighted by molar-refractivity contribution is 5.99. The Balaban J connectivity index is 2.11. The zero-order valence-corrected chi connectivity index (χ0v) is 10.1. The summed E-state index contributed by atoms with van der Waals surface area (Å²) in [6.45, 7) is 4.95. The topological polar surface area (TPSA) is 59.3 Å². The molecular weight excluding hydrogens is 216 g/mol. The van der Waals surface area contributed by atoms with Crippen molar-refractivity contribution in [1.29, 1.82) is 0 Å². The highest BCUT2D eigenvalue weighted by atomic mass is 16.1. The molecule has 0 aromatic carbocycles. The molecule has 0 aliphatic heterocycles. The molecule has 0 spiro atoms. The van der Waals surface area contributed by atoms with Crippen LogP contribution < -0.4 is 5.32 Å². The Morgan fingerprint density at radius 1 is 1.53 bits per heavy atom. The van der Waals surface area contributed by atoms with E-state index in [2.05, 4.69) is 29.2 Å². The summed E-state index contributed by atoms with van der Waals surface area (Å²) in [6, 6.07) is 3.55. The van der Waals surface area contributed by atoms with E-state index in [0.29, 0.717) is 23.7 Å². The minimum absolute atomic E-state index is 0.0933. The summed E-state index contributed by atoms with van der Waals surface area (Å²) in [4.78, 5) is 16.0. The van der Waals surface area contributed by atoms with Crippen molar-refractivity contribution in [3.05, 3.63) is 30.2 Å². The molecule has 0 saturated carbocycles. The molecule has 0 radical (unpaired) electrons.